The lowest BCUT2D eigenvalue weighted by Crippen LogP contribution is -2.37. The highest BCUT2D eigenvalue weighted by Gasteiger charge is 2.31. The third-order valence-corrected chi connectivity index (χ3v) is 3.52. The second-order valence-corrected chi connectivity index (χ2v) is 4.85. The quantitative estimate of drug-likeness (QED) is 0.739. The molecule has 0 aromatic heterocycles. The maximum Gasteiger partial charge on any atom is 0.251 e. The molecule has 1 aliphatic rings. The smallest absolute Gasteiger partial charge is 0.251 e. The van der Waals surface area contributed by atoms with E-state index in [0.29, 0.717) is 24.5 Å². The van der Waals surface area contributed by atoms with E-state index in [1.165, 1.54) is 0 Å². The minimum atomic E-state index is -0.349. The van der Waals surface area contributed by atoms with Gasteiger partial charge in [0.2, 0.25) is 5.91 Å². The summed E-state index contributed by atoms with van der Waals surface area (Å²) in [6, 6.07) is 4.94. The number of carbonyl (C=O) groups excluding carboxylic acids is 2. The van der Waals surface area contributed by atoms with E-state index < -0.39 is 0 Å². The summed E-state index contributed by atoms with van der Waals surface area (Å²) in [5.41, 5.74) is 7.71. The molecule has 1 aliphatic heterocycles. The number of hydrogen-bond donors (Lipinski definition) is 3. The zero-order chi connectivity index (χ0) is 14.7. The summed E-state index contributed by atoms with van der Waals surface area (Å²) in [4.78, 5) is 23.9. The van der Waals surface area contributed by atoms with Crippen LogP contribution >= 0.6 is 0 Å². The molecule has 2 unspecified atom stereocenters. The van der Waals surface area contributed by atoms with Gasteiger partial charge in [-0.05, 0) is 24.6 Å². The Morgan fingerprint density at radius 2 is 2.10 bits per heavy atom. The molecular weight excluding hydrogens is 258 g/mol. The predicted octanol–water partition coefficient (Wildman–Crippen LogP) is 0.267. The fourth-order valence-electron chi connectivity index (χ4n) is 2.22. The average molecular weight is 277 g/mol. The van der Waals surface area contributed by atoms with Gasteiger partial charge in [0, 0.05) is 24.3 Å². The van der Waals surface area contributed by atoms with Crippen molar-refractivity contribution in [3.63, 3.8) is 0 Å². The third kappa shape index (κ3) is 2.81. The molecule has 1 fully saturated rings. The molecule has 0 radical (unpaired) electrons. The molecule has 20 heavy (non-hydrogen) atoms. The highest BCUT2D eigenvalue weighted by atomic mass is 16.5. The van der Waals surface area contributed by atoms with E-state index in [0.717, 1.165) is 5.56 Å². The van der Waals surface area contributed by atoms with Gasteiger partial charge in [-0.25, -0.2) is 0 Å². The van der Waals surface area contributed by atoms with Gasteiger partial charge >= 0.3 is 0 Å². The van der Waals surface area contributed by atoms with Gasteiger partial charge < -0.3 is 21.1 Å². The van der Waals surface area contributed by atoms with Crippen molar-refractivity contribution in [1.29, 1.82) is 0 Å². The Bertz CT molecular complexity index is 530. The van der Waals surface area contributed by atoms with Crippen LogP contribution in [0.5, 0.6) is 0 Å². The summed E-state index contributed by atoms with van der Waals surface area (Å²) in [6.07, 6.45) is 0. The summed E-state index contributed by atoms with van der Waals surface area (Å²) in [5.74, 6) is -0.704. The van der Waals surface area contributed by atoms with Crippen molar-refractivity contribution in [3.8, 4) is 0 Å². The number of benzene rings is 1. The molecule has 2 amide bonds. The van der Waals surface area contributed by atoms with Crippen LogP contribution in [0.25, 0.3) is 0 Å². The van der Waals surface area contributed by atoms with Crippen LogP contribution in [0.2, 0.25) is 0 Å². The van der Waals surface area contributed by atoms with E-state index in [1.807, 2.05) is 0 Å². The molecule has 4 N–H and O–H groups in total. The SMILES string of the molecule is CNC(=O)c1cccc(NC(=O)C2COCC2N)c1C. The second kappa shape index (κ2) is 6.02. The average Bonchev–Trinajstić information content (AvgIpc) is 2.86. The van der Waals surface area contributed by atoms with Crippen LogP contribution in [0, 0.1) is 12.8 Å². The van der Waals surface area contributed by atoms with Crippen molar-refractivity contribution in [1.82, 2.24) is 5.32 Å². The Hall–Kier alpha value is -1.92. The first-order valence-corrected chi connectivity index (χ1v) is 6.50. The van der Waals surface area contributed by atoms with Gasteiger partial charge in [-0.1, -0.05) is 6.07 Å². The lowest BCUT2D eigenvalue weighted by atomic mass is 10.0. The molecule has 1 aromatic carbocycles. The summed E-state index contributed by atoms with van der Waals surface area (Å²) in [5, 5.41) is 5.40. The number of hydrogen-bond acceptors (Lipinski definition) is 4. The van der Waals surface area contributed by atoms with Gasteiger partial charge in [-0.2, -0.15) is 0 Å². The molecule has 2 rings (SSSR count). The number of anilines is 1. The fourth-order valence-corrected chi connectivity index (χ4v) is 2.22. The van der Waals surface area contributed by atoms with E-state index in [9.17, 15) is 9.59 Å². The van der Waals surface area contributed by atoms with E-state index in [4.69, 9.17) is 10.5 Å². The van der Waals surface area contributed by atoms with Crippen LogP contribution in [0.1, 0.15) is 15.9 Å². The number of rotatable bonds is 3. The Labute approximate surface area is 117 Å². The van der Waals surface area contributed by atoms with Crippen molar-refractivity contribution >= 4 is 17.5 Å². The molecule has 1 heterocycles. The molecule has 1 aromatic rings. The van der Waals surface area contributed by atoms with E-state index >= 15 is 0 Å². The largest absolute Gasteiger partial charge is 0.379 e. The van der Waals surface area contributed by atoms with Crippen molar-refractivity contribution in [2.75, 3.05) is 25.6 Å². The van der Waals surface area contributed by atoms with Crippen LogP contribution in [0.3, 0.4) is 0 Å². The van der Waals surface area contributed by atoms with Gasteiger partial charge in [-0.15, -0.1) is 0 Å². The Kier molecular flexibility index (Phi) is 4.36. The molecule has 1 saturated heterocycles. The number of nitrogens with one attached hydrogen (secondary N) is 2. The summed E-state index contributed by atoms with van der Waals surface area (Å²) < 4.78 is 5.19. The maximum absolute atomic E-state index is 12.2. The minimum absolute atomic E-state index is 0.174. The van der Waals surface area contributed by atoms with Crippen molar-refractivity contribution < 1.29 is 14.3 Å². The topological polar surface area (TPSA) is 93.5 Å². The molecular formula is C14H19N3O3. The standard InChI is InChI=1S/C14H19N3O3/c1-8-9(13(18)16-2)4-3-5-12(8)17-14(19)10-6-20-7-11(10)15/h3-5,10-11H,6-7,15H2,1-2H3,(H,16,18)(H,17,19). The van der Waals surface area contributed by atoms with Gasteiger partial charge in [0.05, 0.1) is 19.1 Å². The Balaban J connectivity index is 2.17. The predicted molar refractivity (Wildman–Crippen MR) is 75.5 cm³/mol. The van der Waals surface area contributed by atoms with Gasteiger partial charge in [0.25, 0.3) is 5.91 Å². The third-order valence-electron chi connectivity index (χ3n) is 3.52. The van der Waals surface area contributed by atoms with Gasteiger partial charge in [0.1, 0.15) is 0 Å². The van der Waals surface area contributed by atoms with Crippen LogP contribution in [0.15, 0.2) is 18.2 Å². The molecule has 108 valence electrons. The molecule has 2 atom stereocenters. The highest BCUT2D eigenvalue weighted by Crippen LogP contribution is 2.21. The lowest BCUT2D eigenvalue weighted by Gasteiger charge is -2.16. The zero-order valence-electron chi connectivity index (χ0n) is 11.6. The van der Waals surface area contributed by atoms with Crippen LogP contribution in [0.4, 0.5) is 5.69 Å². The molecule has 0 saturated carbocycles. The van der Waals surface area contributed by atoms with E-state index in [-0.39, 0.29) is 23.8 Å². The summed E-state index contributed by atoms with van der Waals surface area (Å²) in [6.45, 7) is 2.53. The molecule has 6 nitrogen and oxygen atoms in total. The number of carbonyl (C=O) groups is 2. The van der Waals surface area contributed by atoms with Crippen molar-refractivity contribution in [2.45, 2.75) is 13.0 Å². The van der Waals surface area contributed by atoms with Gasteiger partial charge in [0.15, 0.2) is 0 Å². The summed E-state index contributed by atoms with van der Waals surface area (Å²) >= 11 is 0. The van der Waals surface area contributed by atoms with Crippen molar-refractivity contribution in [3.05, 3.63) is 29.3 Å². The minimum Gasteiger partial charge on any atom is -0.379 e. The zero-order valence-corrected chi connectivity index (χ0v) is 11.6. The molecule has 0 spiro atoms. The lowest BCUT2D eigenvalue weighted by molar-refractivity contribution is -0.120. The van der Waals surface area contributed by atoms with Crippen molar-refractivity contribution in [2.24, 2.45) is 11.7 Å². The maximum atomic E-state index is 12.2. The first-order chi connectivity index (χ1) is 9.54. The molecule has 0 bridgehead atoms. The Morgan fingerprint density at radius 3 is 2.70 bits per heavy atom. The highest BCUT2D eigenvalue weighted by molar-refractivity contribution is 5.99. The number of nitrogens with two attached hydrogens (primary N) is 1. The fraction of sp³-hybridized carbons (Fsp3) is 0.429. The first kappa shape index (κ1) is 14.5. The Morgan fingerprint density at radius 1 is 1.35 bits per heavy atom. The van der Waals surface area contributed by atoms with E-state index in [2.05, 4.69) is 10.6 Å². The van der Waals surface area contributed by atoms with Crippen LogP contribution in [-0.4, -0.2) is 38.1 Å². The van der Waals surface area contributed by atoms with Crippen LogP contribution < -0.4 is 16.4 Å². The first-order valence-electron chi connectivity index (χ1n) is 6.50. The normalized spacial score (nSPS) is 21.6. The van der Waals surface area contributed by atoms with E-state index in [1.54, 1.807) is 32.2 Å². The van der Waals surface area contributed by atoms with Crippen LogP contribution in [-0.2, 0) is 9.53 Å². The number of ether oxygens (including phenoxy) is 1. The monoisotopic (exact) mass is 277 g/mol. The molecule has 6 heteroatoms. The molecule has 0 aliphatic carbocycles. The second-order valence-electron chi connectivity index (χ2n) is 4.85. The summed E-state index contributed by atoms with van der Waals surface area (Å²) in [7, 11) is 1.57. The number of amides is 2. The van der Waals surface area contributed by atoms with Gasteiger partial charge in [-0.3, -0.25) is 9.59 Å².